The van der Waals surface area contributed by atoms with Gasteiger partial charge in [0.1, 0.15) is 5.82 Å². The lowest BCUT2D eigenvalue weighted by atomic mass is 10.2. The zero-order valence-electron chi connectivity index (χ0n) is 15.0. The topological polar surface area (TPSA) is 53.2 Å². The number of benzene rings is 3. The fourth-order valence-electron chi connectivity index (χ4n) is 2.49. The summed E-state index contributed by atoms with van der Waals surface area (Å²) in [6, 6.07) is 18.1. The van der Waals surface area contributed by atoms with E-state index in [0.29, 0.717) is 27.4 Å². The Morgan fingerprint density at radius 2 is 1.55 bits per heavy atom. The van der Waals surface area contributed by atoms with Gasteiger partial charge in [-0.25, -0.2) is 4.39 Å². The average Bonchev–Trinajstić information content (AvgIpc) is 2.70. The first-order chi connectivity index (χ1) is 13.9. The lowest BCUT2D eigenvalue weighted by molar-refractivity contribution is 0.102. The first-order valence-corrected chi connectivity index (χ1v) is 9.73. The minimum Gasteiger partial charge on any atom is -0.358 e. The number of halogens is 3. The Morgan fingerprint density at radius 1 is 0.897 bits per heavy atom. The molecule has 0 heterocycles. The minimum absolute atomic E-state index is 0.0117. The van der Waals surface area contributed by atoms with Gasteiger partial charge in [-0.1, -0.05) is 41.4 Å². The predicted octanol–water partition coefficient (Wildman–Crippen LogP) is 5.87. The third-order valence-corrected chi connectivity index (χ3v) is 4.94. The quantitative estimate of drug-likeness (QED) is 0.428. The highest BCUT2D eigenvalue weighted by Gasteiger charge is 2.11. The molecule has 1 amide bonds. The second-order valence-corrected chi connectivity index (χ2v) is 7.29. The van der Waals surface area contributed by atoms with E-state index >= 15 is 0 Å². The first kappa shape index (κ1) is 21.0. The number of nitrogens with one attached hydrogen (secondary N) is 3. The van der Waals surface area contributed by atoms with E-state index in [2.05, 4.69) is 16.0 Å². The smallest absolute Gasteiger partial charge is 0.258 e. The Hall–Kier alpha value is -2.67. The van der Waals surface area contributed by atoms with Crippen molar-refractivity contribution in [2.45, 2.75) is 6.54 Å². The summed E-state index contributed by atoms with van der Waals surface area (Å²) in [6.07, 6.45) is 0. The summed E-state index contributed by atoms with van der Waals surface area (Å²) in [5.41, 5.74) is 2.20. The fourth-order valence-corrected chi connectivity index (χ4v) is 3.00. The zero-order valence-corrected chi connectivity index (χ0v) is 17.3. The molecular weight excluding hydrogens is 432 g/mol. The largest absolute Gasteiger partial charge is 0.358 e. The second kappa shape index (κ2) is 9.69. The number of thiocarbonyl (C=S) groups is 1. The molecule has 29 heavy (non-hydrogen) atoms. The number of hydrogen-bond acceptors (Lipinski definition) is 2. The molecule has 0 aliphatic rings. The van der Waals surface area contributed by atoms with Crippen LogP contribution in [0.4, 0.5) is 15.8 Å². The lowest BCUT2D eigenvalue weighted by Crippen LogP contribution is -2.27. The van der Waals surface area contributed by atoms with Crippen molar-refractivity contribution >= 4 is 57.8 Å². The number of hydrogen-bond donors (Lipinski definition) is 3. The molecule has 148 valence electrons. The monoisotopic (exact) mass is 447 g/mol. The van der Waals surface area contributed by atoms with Crippen LogP contribution >= 0.6 is 35.4 Å². The van der Waals surface area contributed by atoms with Crippen LogP contribution in [0.15, 0.2) is 66.7 Å². The van der Waals surface area contributed by atoms with Gasteiger partial charge in [-0.3, -0.25) is 4.79 Å². The van der Waals surface area contributed by atoms with Crippen molar-refractivity contribution in [1.29, 1.82) is 0 Å². The van der Waals surface area contributed by atoms with Crippen molar-refractivity contribution in [3.63, 3.8) is 0 Å². The van der Waals surface area contributed by atoms with Crippen molar-refractivity contribution in [2.75, 3.05) is 10.6 Å². The Balaban J connectivity index is 1.53. The van der Waals surface area contributed by atoms with E-state index in [1.54, 1.807) is 42.5 Å². The van der Waals surface area contributed by atoms with Crippen LogP contribution in [-0.4, -0.2) is 11.0 Å². The van der Waals surface area contributed by atoms with Crippen LogP contribution in [0.1, 0.15) is 15.9 Å². The van der Waals surface area contributed by atoms with Gasteiger partial charge in [0.25, 0.3) is 5.91 Å². The maximum Gasteiger partial charge on any atom is 0.258 e. The van der Waals surface area contributed by atoms with E-state index in [-0.39, 0.29) is 5.56 Å². The zero-order chi connectivity index (χ0) is 20.8. The molecule has 0 atom stereocenters. The molecule has 0 aliphatic carbocycles. The SMILES string of the molecule is O=C(Nc1ccc(NC(=S)NCc2ccc(Cl)c(Cl)c2)cc1)c1ccccc1F. The highest BCUT2D eigenvalue weighted by atomic mass is 35.5. The molecule has 0 spiro atoms. The van der Waals surface area contributed by atoms with Crippen molar-refractivity contribution in [1.82, 2.24) is 5.32 Å². The van der Waals surface area contributed by atoms with Crippen LogP contribution in [0.25, 0.3) is 0 Å². The van der Waals surface area contributed by atoms with E-state index in [1.807, 2.05) is 6.07 Å². The van der Waals surface area contributed by atoms with Gasteiger partial charge in [0.15, 0.2) is 5.11 Å². The molecule has 8 heteroatoms. The van der Waals surface area contributed by atoms with Gasteiger partial charge in [0.2, 0.25) is 0 Å². The fraction of sp³-hybridized carbons (Fsp3) is 0.0476. The van der Waals surface area contributed by atoms with Crippen molar-refractivity contribution in [3.8, 4) is 0 Å². The Bertz CT molecular complexity index is 1040. The number of carbonyl (C=O) groups is 1. The van der Waals surface area contributed by atoms with Crippen LogP contribution in [0, 0.1) is 5.82 Å². The summed E-state index contributed by atoms with van der Waals surface area (Å²) in [5.74, 6) is -1.08. The molecule has 0 aliphatic heterocycles. The van der Waals surface area contributed by atoms with Gasteiger partial charge in [0.05, 0.1) is 15.6 Å². The first-order valence-electron chi connectivity index (χ1n) is 8.57. The highest BCUT2D eigenvalue weighted by Crippen LogP contribution is 2.22. The Morgan fingerprint density at radius 3 is 2.21 bits per heavy atom. The Kier molecular flexibility index (Phi) is 7.04. The minimum atomic E-state index is -0.568. The molecule has 0 saturated heterocycles. The molecule has 3 aromatic carbocycles. The molecule has 0 aromatic heterocycles. The summed E-state index contributed by atoms with van der Waals surface area (Å²) >= 11 is 17.2. The Labute approximate surface area is 183 Å². The summed E-state index contributed by atoms with van der Waals surface area (Å²) in [4.78, 5) is 12.1. The predicted molar refractivity (Wildman–Crippen MR) is 120 cm³/mol. The third-order valence-electron chi connectivity index (χ3n) is 3.96. The van der Waals surface area contributed by atoms with E-state index in [9.17, 15) is 9.18 Å². The molecule has 4 nitrogen and oxygen atoms in total. The van der Waals surface area contributed by atoms with Crippen molar-refractivity contribution in [2.24, 2.45) is 0 Å². The van der Waals surface area contributed by atoms with E-state index in [0.717, 1.165) is 11.3 Å². The van der Waals surface area contributed by atoms with Crippen molar-refractivity contribution < 1.29 is 9.18 Å². The van der Waals surface area contributed by atoms with Crippen LogP contribution in [-0.2, 0) is 6.54 Å². The maximum absolute atomic E-state index is 13.7. The van der Waals surface area contributed by atoms with E-state index < -0.39 is 11.7 Å². The molecule has 0 saturated carbocycles. The molecule has 0 fully saturated rings. The van der Waals surface area contributed by atoms with Gasteiger partial charge in [0, 0.05) is 17.9 Å². The van der Waals surface area contributed by atoms with Gasteiger partial charge in [-0.05, 0) is 66.3 Å². The van der Waals surface area contributed by atoms with Gasteiger partial charge >= 0.3 is 0 Å². The van der Waals surface area contributed by atoms with Crippen LogP contribution in [0.2, 0.25) is 10.0 Å². The summed E-state index contributed by atoms with van der Waals surface area (Å²) in [7, 11) is 0. The average molecular weight is 448 g/mol. The maximum atomic E-state index is 13.7. The van der Waals surface area contributed by atoms with Crippen LogP contribution in [0.5, 0.6) is 0 Å². The molecule has 3 N–H and O–H groups in total. The molecule has 3 rings (SSSR count). The van der Waals surface area contributed by atoms with E-state index in [1.165, 1.54) is 18.2 Å². The highest BCUT2D eigenvalue weighted by molar-refractivity contribution is 7.80. The van der Waals surface area contributed by atoms with Gasteiger partial charge in [-0.2, -0.15) is 0 Å². The lowest BCUT2D eigenvalue weighted by Gasteiger charge is -2.12. The van der Waals surface area contributed by atoms with Gasteiger partial charge < -0.3 is 16.0 Å². The van der Waals surface area contributed by atoms with Crippen LogP contribution in [0.3, 0.4) is 0 Å². The molecule has 0 radical (unpaired) electrons. The molecule has 0 bridgehead atoms. The van der Waals surface area contributed by atoms with E-state index in [4.69, 9.17) is 35.4 Å². The number of rotatable bonds is 5. The summed E-state index contributed by atoms with van der Waals surface area (Å²) in [6.45, 7) is 0.486. The summed E-state index contributed by atoms with van der Waals surface area (Å²) in [5, 5.41) is 10.2. The second-order valence-electron chi connectivity index (χ2n) is 6.07. The van der Waals surface area contributed by atoms with Crippen molar-refractivity contribution in [3.05, 3.63) is 93.7 Å². The molecular formula is C21H16Cl2FN3OS. The number of carbonyl (C=O) groups excluding carboxylic acids is 1. The van der Waals surface area contributed by atoms with Gasteiger partial charge in [-0.15, -0.1) is 0 Å². The molecule has 0 unspecified atom stereocenters. The number of anilines is 2. The number of amides is 1. The summed E-state index contributed by atoms with van der Waals surface area (Å²) < 4.78 is 13.7. The molecule has 3 aromatic rings. The third kappa shape index (κ3) is 5.90. The van der Waals surface area contributed by atoms with Crippen LogP contribution < -0.4 is 16.0 Å². The normalized spacial score (nSPS) is 10.3. The standard InChI is InChI=1S/C21H16Cl2FN3OS/c22-17-10-5-13(11-18(17)23)12-25-21(29)27-15-8-6-14(7-9-15)26-20(28)16-3-1-2-4-19(16)24/h1-11H,12H2,(H,26,28)(H2,25,27,29).